The van der Waals surface area contributed by atoms with Gasteiger partial charge in [-0.05, 0) is 0 Å². The van der Waals surface area contributed by atoms with Crippen LogP contribution in [0.2, 0.25) is 0 Å². The van der Waals surface area contributed by atoms with E-state index in [2.05, 4.69) is 20.4 Å². The molecule has 0 unspecified atom stereocenters. The van der Waals surface area contributed by atoms with Crippen LogP contribution in [0, 0.1) is 0 Å². The molecule has 0 radical (unpaired) electrons. The van der Waals surface area contributed by atoms with Crippen molar-refractivity contribution in [1.82, 2.24) is 0 Å². The first kappa shape index (κ1) is 16.2. The van der Waals surface area contributed by atoms with Crippen LogP contribution in [0.1, 0.15) is 0 Å². The van der Waals surface area contributed by atoms with Crippen molar-refractivity contribution < 1.29 is 32.5 Å². The van der Waals surface area contributed by atoms with E-state index in [-0.39, 0.29) is 0 Å². The third-order valence-corrected chi connectivity index (χ3v) is 5.30. The predicted molar refractivity (Wildman–Crippen MR) is 59.1 cm³/mol. The van der Waals surface area contributed by atoms with Gasteiger partial charge >= 0.3 is 10.4 Å². The highest BCUT2D eigenvalue weighted by atomic mass is 32.3. The van der Waals surface area contributed by atoms with Crippen molar-refractivity contribution in [3.63, 3.8) is 0 Å². The third kappa shape index (κ3) is 7.23. The maximum Gasteiger partial charge on any atom is 0.429 e. The maximum absolute atomic E-state index is 10.9. The van der Waals surface area contributed by atoms with Crippen LogP contribution in [0.25, 0.3) is 0 Å². The molecule has 0 aromatic carbocycles. The minimum atomic E-state index is -5.21. The fourth-order valence-corrected chi connectivity index (χ4v) is 3.96. The fourth-order valence-electron chi connectivity index (χ4n) is 0.610. The summed E-state index contributed by atoms with van der Waals surface area (Å²) in [4.78, 5) is 0. The van der Waals surface area contributed by atoms with Gasteiger partial charge in [0, 0.05) is 0 Å². The summed E-state index contributed by atoms with van der Waals surface area (Å²) in [6, 6.07) is 0. The lowest BCUT2D eigenvalue weighted by atomic mass is 10.8. The van der Waals surface area contributed by atoms with Gasteiger partial charge in [-0.1, -0.05) is 12.2 Å². The molecule has 0 aliphatic carbocycles. The minimum Gasteiger partial charge on any atom is -0.198 e. The largest absolute Gasteiger partial charge is 0.429 e. The summed E-state index contributed by atoms with van der Waals surface area (Å²) in [6.45, 7) is 6.11. The average Bonchev–Trinajstić information content (AvgIpc) is 1.96. The normalized spacial score (nSPS) is 13.2. The molecule has 0 heterocycles. The topological polar surface area (TPSA) is 121 Å². The first-order valence-electron chi connectivity index (χ1n) is 3.88. The second kappa shape index (κ2) is 5.73. The highest BCUT2D eigenvalue weighted by Crippen LogP contribution is 2.08. The Balaban J connectivity index is 4.97. The summed E-state index contributed by atoms with van der Waals surface area (Å²) >= 11 is 0. The number of hydrogen-bond donors (Lipinski definition) is 0. The van der Waals surface area contributed by atoms with Gasteiger partial charge in [0.25, 0.3) is 20.2 Å². The van der Waals surface area contributed by atoms with Gasteiger partial charge in [-0.15, -0.1) is 20.4 Å². The zero-order chi connectivity index (χ0) is 13.7. The van der Waals surface area contributed by atoms with Crippen LogP contribution in [-0.4, -0.2) is 36.8 Å². The van der Waals surface area contributed by atoms with Gasteiger partial charge in [-0.25, -0.2) is 0 Å². The molecule has 17 heavy (non-hydrogen) atoms. The van der Waals surface area contributed by atoms with Gasteiger partial charge in [0.15, 0.2) is 0 Å². The van der Waals surface area contributed by atoms with Crippen molar-refractivity contribution in [1.29, 1.82) is 0 Å². The summed E-state index contributed by atoms with van der Waals surface area (Å²) in [6.07, 6.45) is 1.73. The smallest absolute Gasteiger partial charge is 0.198 e. The van der Waals surface area contributed by atoms with Gasteiger partial charge in [-0.2, -0.15) is 25.3 Å². The summed E-state index contributed by atoms with van der Waals surface area (Å²) in [5.41, 5.74) is 0. The Morgan fingerprint density at radius 1 is 0.765 bits per heavy atom. The average molecular weight is 306 g/mol. The third-order valence-electron chi connectivity index (χ3n) is 1.02. The Hall–Kier alpha value is -0.750. The molecule has 0 fully saturated rings. The molecule has 0 amide bonds. The standard InChI is InChI=1S/C6H10O8S3/c1-3-5-15(7,8)13-17(11,12)14-16(9,10)6-4-2/h3-4H,1-2,5-6H2. The lowest BCUT2D eigenvalue weighted by Crippen LogP contribution is -2.22. The van der Waals surface area contributed by atoms with E-state index in [1.807, 2.05) is 0 Å². The molecular weight excluding hydrogens is 296 g/mol. The summed E-state index contributed by atoms with van der Waals surface area (Å²) in [5.74, 6) is -1.62. The minimum absolute atomic E-state index is 0.808. The molecule has 100 valence electrons. The van der Waals surface area contributed by atoms with Crippen molar-refractivity contribution >= 4 is 30.6 Å². The second-order valence-corrected chi connectivity index (χ2v) is 7.37. The molecule has 0 saturated carbocycles. The molecule has 0 aliphatic rings. The van der Waals surface area contributed by atoms with Crippen LogP contribution in [0.5, 0.6) is 0 Å². The molecule has 0 atom stereocenters. The zero-order valence-electron chi connectivity index (χ0n) is 8.47. The van der Waals surface area contributed by atoms with Crippen molar-refractivity contribution in [2.45, 2.75) is 0 Å². The van der Waals surface area contributed by atoms with E-state index >= 15 is 0 Å². The van der Waals surface area contributed by atoms with Crippen molar-refractivity contribution in [3.8, 4) is 0 Å². The monoisotopic (exact) mass is 306 g/mol. The first-order chi connectivity index (χ1) is 7.54. The van der Waals surface area contributed by atoms with Gasteiger partial charge in [0.1, 0.15) is 0 Å². The quantitative estimate of drug-likeness (QED) is 0.539. The molecule has 11 heteroatoms. The van der Waals surface area contributed by atoms with E-state index in [4.69, 9.17) is 0 Å². The fraction of sp³-hybridized carbons (Fsp3) is 0.333. The first-order valence-corrected chi connectivity index (χ1v) is 8.37. The van der Waals surface area contributed by atoms with Gasteiger partial charge in [-0.3, -0.25) is 0 Å². The van der Waals surface area contributed by atoms with Gasteiger partial charge in [0.2, 0.25) is 0 Å². The Bertz CT molecular complexity index is 531. The van der Waals surface area contributed by atoms with Crippen molar-refractivity contribution in [2.75, 3.05) is 11.5 Å². The summed E-state index contributed by atoms with van der Waals surface area (Å²) < 4.78 is 72.7. The Kier molecular flexibility index (Phi) is 5.48. The van der Waals surface area contributed by atoms with Crippen molar-refractivity contribution in [2.24, 2.45) is 0 Å². The lowest BCUT2D eigenvalue weighted by Gasteiger charge is -2.04. The molecule has 0 aromatic rings. The highest BCUT2D eigenvalue weighted by molar-refractivity contribution is 8.03. The van der Waals surface area contributed by atoms with Crippen molar-refractivity contribution in [3.05, 3.63) is 25.3 Å². The summed E-state index contributed by atoms with van der Waals surface area (Å²) in [5, 5.41) is 0. The van der Waals surface area contributed by atoms with E-state index in [1.165, 1.54) is 0 Å². The molecule has 0 rings (SSSR count). The van der Waals surface area contributed by atoms with Crippen LogP contribution >= 0.6 is 0 Å². The Morgan fingerprint density at radius 3 is 1.29 bits per heavy atom. The summed E-state index contributed by atoms with van der Waals surface area (Å²) in [7, 11) is -14.2. The van der Waals surface area contributed by atoms with Crippen LogP contribution in [0.4, 0.5) is 0 Å². The Labute approximate surface area is 100 Å². The van der Waals surface area contributed by atoms with Gasteiger partial charge in [0.05, 0.1) is 11.5 Å². The molecule has 0 aromatic heterocycles. The van der Waals surface area contributed by atoms with Crippen LogP contribution in [0.3, 0.4) is 0 Å². The zero-order valence-corrected chi connectivity index (χ0v) is 10.9. The SMILES string of the molecule is C=CCS(=O)(=O)OS(=O)(=O)OS(=O)(=O)CC=C. The van der Waals surface area contributed by atoms with E-state index in [1.54, 1.807) is 0 Å². The van der Waals surface area contributed by atoms with Crippen LogP contribution in [0.15, 0.2) is 25.3 Å². The molecule has 0 N–H and O–H groups in total. The number of rotatable bonds is 8. The van der Waals surface area contributed by atoms with Gasteiger partial charge < -0.3 is 0 Å². The van der Waals surface area contributed by atoms with Crippen LogP contribution in [-0.2, 0) is 37.9 Å². The molecular formula is C6H10O8S3. The molecule has 8 nitrogen and oxygen atoms in total. The Morgan fingerprint density at radius 2 is 1.06 bits per heavy atom. The molecule has 0 bridgehead atoms. The second-order valence-electron chi connectivity index (χ2n) is 2.57. The van der Waals surface area contributed by atoms with Crippen LogP contribution < -0.4 is 0 Å². The molecule has 0 saturated heterocycles. The van der Waals surface area contributed by atoms with E-state index in [9.17, 15) is 25.3 Å². The number of hydrogen-bond acceptors (Lipinski definition) is 8. The molecule has 0 aliphatic heterocycles. The maximum atomic E-state index is 10.9. The highest BCUT2D eigenvalue weighted by Gasteiger charge is 2.28. The van der Waals surface area contributed by atoms with E-state index in [0.29, 0.717) is 0 Å². The van der Waals surface area contributed by atoms with E-state index in [0.717, 1.165) is 12.2 Å². The lowest BCUT2D eigenvalue weighted by molar-refractivity contribution is 0.388. The van der Waals surface area contributed by atoms with E-state index < -0.39 is 42.1 Å². The molecule has 0 spiro atoms. The predicted octanol–water partition coefficient (Wildman–Crippen LogP) is -0.704.